The average molecular weight is 261 g/mol. The minimum atomic E-state index is -0.271. The fourth-order valence-corrected chi connectivity index (χ4v) is 2.10. The summed E-state index contributed by atoms with van der Waals surface area (Å²) in [5.41, 5.74) is 1.60. The van der Waals surface area contributed by atoms with Crippen molar-refractivity contribution in [3.8, 4) is 0 Å². The van der Waals surface area contributed by atoms with Gasteiger partial charge >= 0.3 is 5.97 Å². The molecule has 2 aromatic rings. The van der Waals surface area contributed by atoms with Gasteiger partial charge in [-0.2, -0.15) is 4.73 Å². The topological polar surface area (TPSA) is 47.4 Å². The molecule has 1 unspecified atom stereocenters. The van der Waals surface area contributed by atoms with Crippen LogP contribution in [-0.4, -0.2) is 39.7 Å². The van der Waals surface area contributed by atoms with Crippen LogP contribution in [0.1, 0.15) is 20.8 Å². The fourth-order valence-electron chi connectivity index (χ4n) is 2.10. The Hall–Kier alpha value is -1.88. The number of aromatic nitrogens is 2. The van der Waals surface area contributed by atoms with Gasteiger partial charge in [-0.1, -0.05) is 26.0 Å². The van der Waals surface area contributed by atoms with Gasteiger partial charge in [-0.05, 0) is 32.1 Å². The molecular weight excluding hydrogens is 242 g/mol. The van der Waals surface area contributed by atoms with Crippen molar-refractivity contribution in [3.05, 3.63) is 30.6 Å². The number of para-hydroxylation sites is 2. The van der Waals surface area contributed by atoms with Gasteiger partial charge in [0.2, 0.25) is 0 Å². The van der Waals surface area contributed by atoms with Crippen LogP contribution in [0.4, 0.5) is 0 Å². The van der Waals surface area contributed by atoms with E-state index in [1.165, 1.54) is 11.1 Å². The van der Waals surface area contributed by atoms with Gasteiger partial charge in [0.1, 0.15) is 17.9 Å². The lowest BCUT2D eigenvalue weighted by Gasteiger charge is -2.24. The van der Waals surface area contributed by atoms with E-state index in [9.17, 15) is 4.79 Å². The summed E-state index contributed by atoms with van der Waals surface area (Å²) >= 11 is 0. The molecule has 0 aliphatic rings. The highest BCUT2D eigenvalue weighted by atomic mass is 16.7. The predicted molar refractivity (Wildman–Crippen MR) is 73.7 cm³/mol. The number of hydrogen-bond acceptors (Lipinski definition) is 4. The summed E-state index contributed by atoms with van der Waals surface area (Å²) in [6.07, 6.45) is 1.53. The predicted octanol–water partition coefficient (Wildman–Crippen LogP) is 1.72. The maximum atomic E-state index is 12.1. The molecule has 19 heavy (non-hydrogen) atoms. The van der Waals surface area contributed by atoms with Crippen molar-refractivity contribution < 1.29 is 9.63 Å². The van der Waals surface area contributed by atoms with Crippen molar-refractivity contribution in [2.24, 2.45) is 0 Å². The van der Waals surface area contributed by atoms with Crippen molar-refractivity contribution in [1.82, 2.24) is 14.6 Å². The van der Waals surface area contributed by atoms with Crippen LogP contribution in [0.3, 0.4) is 0 Å². The normalized spacial score (nSPS) is 12.8. The lowest BCUT2D eigenvalue weighted by Crippen LogP contribution is -2.42. The molecule has 1 aromatic heterocycles. The van der Waals surface area contributed by atoms with Crippen molar-refractivity contribution in [3.63, 3.8) is 0 Å². The molecule has 2 rings (SSSR count). The highest BCUT2D eigenvalue weighted by molar-refractivity contribution is 5.78. The molecule has 5 heteroatoms. The van der Waals surface area contributed by atoms with Gasteiger partial charge in [-0.15, -0.1) is 0 Å². The first-order valence-corrected chi connectivity index (χ1v) is 6.55. The Morgan fingerprint density at radius 1 is 1.37 bits per heavy atom. The molecule has 0 fully saturated rings. The zero-order valence-electron chi connectivity index (χ0n) is 11.5. The second-order valence-corrected chi connectivity index (χ2v) is 4.37. The number of carbonyl (C=O) groups excluding carboxylic acids is 1. The Bertz CT molecular complexity index is 561. The Morgan fingerprint density at radius 2 is 2.05 bits per heavy atom. The zero-order chi connectivity index (χ0) is 13.8. The maximum Gasteiger partial charge on any atom is 0.349 e. The first-order chi connectivity index (χ1) is 9.17. The third kappa shape index (κ3) is 2.76. The van der Waals surface area contributed by atoms with Crippen LogP contribution in [-0.2, 0) is 4.79 Å². The number of carbonyl (C=O) groups is 1. The van der Waals surface area contributed by atoms with Gasteiger partial charge in [0.15, 0.2) is 0 Å². The van der Waals surface area contributed by atoms with Gasteiger partial charge in [-0.3, -0.25) is 4.90 Å². The summed E-state index contributed by atoms with van der Waals surface area (Å²) < 4.78 is 1.43. The molecule has 1 heterocycles. The van der Waals surface area contributed by atoms with E-state index in [1.807, 2.05) is 49.9 Å². The van der Waals surface area contributed by atoms with Gasteiger partial charge in [0, 0.05) is 0 Å². The second-order valence-electron chi connectivity index (χ2n) is 4.37. The fraction of sp³-hybridized carbons (Fsp3) is 0.429. The summed E-state index contributed by atoms with van der Waals surface area (Å²) in [6.45, 7) is 7.54. The lowest BCUT2D eigenvalue weighted by molar-refractivity contribution is -0.149. The van der Waals surface area contributed by atoms with E-state index < -0.39 is 0 Å². The number of fused-ring (bicyclic) bond motifs is 1. The van der Waals surface area contributed by atoms with E-state index in [2.05, 4.69) is 4.98 Å². The van der Waals surface area contributed by atoms with E-state index in [0.717, 1.165) is 24.1 Å². The van der Waals surface area contributed by atoms with E-state index >= 15 is 0 Å². The molecule has 0 amide bonds. The molecule has 0 aliphatic carbocycles. The SMILES string of the molecule is CCN(CC)C(C)C(=O)On1cnc2ccccc21. The summed E-state index contributed by atoms with van der Waals surface area (Å²) in [7, 11) is 0. The van der Waals surface area contributed by atoms with E-state index in [-0.39, 0.29) is 12.0 Å². The Morgan fingerprint density at radius 3 is 2.74 bits per heavy atom. The van der Waals surface area contributed by atoms with Crippen LogP contribution in [0.15, 0.2) is 30.6 Å². The van der Waals surface area contributed by atoms with Crippen LogP contribution in [0.5, 0.6) is 0 Å². The van der Waals surface area contributed by atoms with E-state index in [0.29, 0.717) is 0 Å². The number of likely N-dealkylation sites (N-methyl/N-ethyl adjacent to an activating group) is 1. The third-order valence-electron chi connectivity index (χ3n) is 3.31. The number of hydrogen-bond donors (Lipinski definition) is 0. The number of nitrogens with zero attached hydrogens (tertiary/aromatic N) is 3. The standard InChI is InChI=1S/C14H19N3O2/c1-4-16(5-2)11(3)14(18)19-17-10-15-12-8-6-7-9-13(12)17/h6-11H,4-5H2,1-3H3. The Kier molecular flexibility index (Phi) is 4.16. The lowest BCUT2D eigenvalue weighted by atomic mass is 10.3. The first-order valence-electron chi connectivity index (χ1n) is 6.55. The van der Waals surface area contributed by atoms with Crippen LogP contribution in [0, 0.1) is 0 Å². The highest BCUT2D eigenvalue weighted by Gasteiger charge is 2.21. The molecule has 0 spiro atoms. The summed E-state index contributed by atoms with van der Waals surface area (Å²) in [5, 5.41) is 0. The van der Waals surface area contributed by atoms with Crippen LogP contribution >= 0.6 is 0 Å². The third-order valence-corrected chi connectivity index (χ3v) is 3.31. The summed E-state index contributed by atoms with van der Waals surface area (Å²) in [4.78, 5) is 23.7. The molecule has 0 bridgehead atoms. The van der Waals surface area contributed by atoms with Gasteiger partial charge < -0.3 is 4.84 Å². The monoisotopic (exact) mass is 261 g/mol. The minimum Gasteiger partial charge on any atom is -0.333 e. The van der Waals surface area contributed by atoms with Gasteiger partial charge in [0.05, 0.1) is 5.52 Å². The largest absolute Gasteiger partial charge is 0.349 e. The molecule has 0 aliphatic heterocycles. The molecule has 0 saturated carbocycles. The smallest absolute Gasteiger partial charge is 0.333 e. The zero-order valence-corrected chi connectivity index (χ0v) is 11.5. The average Bonchev–Trinajstić information content (AvgIpc) is 2.83. The van der Waals surface area contributed by atoms with Crippen LogP contribution < -0.4 is 4.84 Å². The molecule has 0 saturated heterocycles. The maximum absolute atomic E-state index is 12.1. The first kappa shape index (κ1) is 13.5. The van der Waals surface area contributed by atoms with Gasteiger partial charge in [0.25, 0.3) is 0 Å². The molecule has 1 atom stereocenters. The van der Waals surface area contributed by atoms with E-state index in [4.69, 9.17) is 4.84 Å². The number of imidazole rings is 1. The molecule has 102 valence electrons. The minimum absolute atomic E-state index is 0.267. The number of rotatable bonds is 5. The molecular formula is C14H19N3O2. The Labute approximate surface area is 112 Å². The summed E-state index contributed by atoms with van der Waals surface area (Å²) in [6, 6.07) is 7.28. The summed E-state index contributed by atoms with van der Waals surface area (Å²) in [5.74, 6) is -0.271. The van der Waals surface area contributed by atoms with Crippen molar-refractivity contribution in [1.29, 1.82) is 0 Å². The molecule has 1 aromatic carbocycles. The van der Waals surface area contributed by atoms with Crippen LogP contribution in [0.2, 0.25) is 0 Å². The highest BCUT2D eigenvalue weighted by Crippen LogP contribution is 2.10. The second kappa shape index (κ2) is 5.84. The quantitative estimate of drug-likeness (QED) is 0.822. The molecule has 5 nitrogen and oxygen atoms in total. The van der Waals surface area contributed by atoms with E-state index in [1.54, 1.807) is 0 Å². The molecule has 0 radical (unpaired) electrons. The van der Waals surface area contributed by atoms with Gasteiger partial charge in [-0.25, -0.2) is 9.78 Å². The van der Waals surface area contributed by atoms with Crippen LogP contribution in [0.25, 0.3) is 11.0 Å². The van der Waals surface area contributed by atoms with Crippen molar-refractivity contribution in [2.45, 2.75) is 26.8 Å². The molecule has 0 N–H and O–H groups in total. The van der Waals surface area contributed by atoms with Crippen molar-refractivity contribution in [2.75, 3.05) is 13.1 Å². The number of benzene rings is 1. The van der Waals surface area contributed by atoms with Crippen molar-refractivity contribution >= 4 is 17.0 Å². The Balaban J connectivity index is 2.14.